The molecule has 32 nitrogen and oxygen atoms in total. The van der Waals surface area contributed by atoms with Crippen molar-refractivity contribution in [1.82, 2.24) is 40.4 Å². The first-order valence-corrected chi connectivity index (χ1v) is 43.1. The molecular formula is C93H112Cl2N12O20. The molecule has 34 heteroatoms. The molecule has 3 saturated heterocycles. The number of nitro groups is 3. The molecule has 3 atom stereocenters. The van der Waals surface area contributed by atoms with Crippen LogP contribution in [0.2, 0.25) is 10.0 Å². The molecule has 6 aliphatic rings. The number of benzene rings is 6. The van der Waals surface area contributed by atoms with Crippen LogP contribution >= 0.6 is 23.2 Å². The van der Waals surface area contributed by atoms with E-state index in [2.05, 4.69) is 45.3 Å². The van der Waals surface area contributed by atoms with E-state index in [1.807, 2.05) is 74.5 Å². The number of carbonyl (C=O) groups excluding carboxylic acids is 6. The fourth-order valence-electron chi connectivity index (χ4n) is 16.3. The molecule has 0 saturated carbocycles. The van der Waals surface area contributed by atoms with Crippen LogP contribution in [0.25, 0.3) is 0 Å². The molecule has 127 heavy (non-hydrogen) atoms. The molecule has 0 radical (unpaired) electrons. The minimum Gasteiger partial charge on any atom is -0.492 e. The number of piperazine rings is 3. The summed E-state index contributed by atoms with van der Waals surface area (Å²) in [6.45, 7) is 32.0. The highest BCUT2D eigenvalue weighted by Gasteiger charge is 2.42. The number of dihydropyridines is 3. The standard InChI is InChI=1S/C32H40N4O7.C31H38N4O7.C30H34Cl2N4O6/c1-5-41-31(37)28-23(3)33-24(4)29(30(28)25-10-8-11-26(21-25)36(39)40)32(38)43-20-18-35-15-13-34(14-16-35)17-19-42-27-12-7-6-9-22(27)2;1-21-8-5-6-11-26(21)41-18-16-33-12-14-34(15-13-33)17-19-42-31(37)28-23(3)32-22(2)27(30(36)40-4)29(28)24-9-7-10-25(20-24)35(38)39;1-19-25(29(37)41-3)27(21-8-6-9-22(18-21)36(39)40)26(20(2)33-19)30(38)42-17-5-4-12-34-13-15-35(16-14-34)24-11-7-10-23(31)28(24)32/h6-12,21,30,33H,5,13-20H2,1-4H3;5-11,20,29,32H,12-19H2,1-4H3;6-11,18,27,33H,4-5,12-17H2,1-3H3. The first kappa shape index (κ1) is 97.2. The fourth-order valence-corrected chi connectivity index (χ4v) is 16.7. The highest BCUT2D eigenvalue weighted by Crippen LogP contribution is 2.44. The van der Waals surface area contributed by atoms with Crippen LogP contribution in [0.5, 0.6) is 11.5 Å². The van der Waals surface area contributed by atoms with Crippen molar-refractivity contribution in [3.63, 3.8) is 0 Å². The van der Waals surface area contributed by atoms with Gasteiger partial charge in [-0.2, -0.15) is 0 Å². The van der Waals surface area contributed by atoms with Crippen LogP contribution < -0.4 is 30.3 Å². The van der Waals surface area contributed by atoms with Gasteiger partial charge in [0, 0.05) is 175 Å². The summed E-state index contributed by atoms with van der Waals surface area (Å²) < 4.78 is 44.3. The first-order chi connectivity index (χ1) is 61.0. The van der Waals surface area contributed by atoms with Crippen LogP contribution in [-0.4, -0.2) is 240 Å². The summed E-state index contributed by atoms with van der Waals surface area (Å²) in [5, 5.41) is 44.8. The number of hydrogen-bond donors (Lipinski definition) is 3. The predicted molar refractivity (Wildman–Crippen MR) is 480 cm³/mol. The second-order valence-corrected chi connectivity index (χ2v) is 32.1. The Kier molecular flexibility index (Phi) is 35.9. The van der Waals surface area contributed by atoms with Gasteiger partial charge in [-0.1, -0.05) is 102 Å². The average Bonchev–Trinajstić information content (AvgIpc) is 0.772. The smallest absolute Gasteiger partial charge is 0.336 e. The molecule has 6 aromatic carbocycles. The number of aryl methyl sites for hydroxylation is 2. The lowest BCUT2D eigenvalue weighted by Gasteiger charge is -2.36. The minimum atomic E-state index is -0.879. The van der Waals surface area contributed by atoms with E-state index < -0.39 is 68.3 Å². The Morgan fingerprint density at radius 3 is 1.02 bits per heavy atom. The number of nitrogens with one attached hydrogen (secondary N) is 3. The van der Waals surface area contributed by atoms with Crippen molar-refractivity contribution in [2.75, 3.05) is 170 Å². The van der Waals surface area contributed by atoms with Gasteiger partial charge in [-0.15, -0.1) is 0 Å². The zero-order valence-electron chi connectivity index (χ0n) is 73.6. The van der Waals surface area contributed by atoms with Gasteiger partial charge in [0.2, 0.25) is 0 Å². The number of anilines is 1. The van der Waals surface area contributed by atoms with Crippen molar-refractivity contribution in [2.24, 2.45) is 0 Å². The van der Waals surface area contributed by atoms with Crippen LogP contribution in [0.4, 0.5) is 22.7 Å². The lowest BCUT2D eigenvalue weighted by molar-refractivity contribution is -0.385. The van der Waals surface area contributed by atoms with Crippen molar-refractivity contribution in [1.29, 1.82) is 0 Å². The van der Waals surface area contributed by atoms with Gasteiger partial charge in [0.25, 0.3) is 17.1 Å². The molecule has 3 unspecified atom stereocenters. The van der Waals surface area contributed by atoms with E-state index in [-0.39, 0.29) is 76.9 Å². The number of halogens is 2. The Hall–Kier alpha value is -12.0. The maximum absolute atomic E-state index is 13.5. The van der Waals surface area contributed by atoms with E-state index in [9.17, 15) is 59.1 Å². The third kappa shape index (κ3) is 25.9. The fraction of sp³-hybridized carbons (Fsp3) is 0.419. The van der Waals surface area contributed by atoms with E-state index in [1.165, 1.54) is 62.8 Å². The Morgan fingerprint density at radius 1 is 0.370 bits per heavy atom. The van der Waals surface area contributed by atoms with Gasteiger partial charge in [-0.05, 0) is 134 Å². The quantitative estimate of drug-likeness (QED) is 0.0113. The van der Waals surface area contributed by atoms with Gasteiger partial charge in [0.1, 0.15) is 37.9 Å². The van der Waals surface area contributed by atoms with E-state index in [0.29, 0.717) is 93.6 Å². The number of unbranched alkanes of at least 4 members (excludes halogenated alkanes) is 1. The van der Waals surface area contributed by atoms with Crippen molar-refractivity contribution < 1.29 is 81.4 Å². The molecule has 12 rings (SSSR count). The van der Waals surface area contributed by atoms with E-state index in [1.54, 1.807) is 78.8 Å². The second kappa shape index (κ2) is 47.0. The highest BCUT2D eigenvalue weighted by molar-refractivity contribution is 6.43. The number of rotatable bonds is 33. The molecule has 6 aromatic rings. The first-order valence-electron chi connectivity index (χ1n) is 42.3. The molecule has 3 fully saturated rings. The number of esters is 6. The largest absolute Gasteiger partial charge is 0.492 e. The molecule has 3 N–H and O–H groups in total. The summed E-state index contributed by atoms with van der Waals surface area (Å²) in [7, 11) is 2.51. The summed E-state index contributed by atoms with van der Waals surface area (Å²) in [6, 6.07) is 39.4. The third-order valence-electron chi connectivity index (χ3n) is 23.0. The molecule has 6 aliphatic heterocycles. The van der Waals surface area contributed by atoms with Crippen molar-refractivity contribution in [2.45, 2.75) is 92.9 Å². The van der Waals surface area contributed by atoms with Crippen LogP contribution in [-0.2, 0) is 57.2 Å². The summed E-state index contributed by atoms with van der Waals surface area (Å²) in [5.41, 5.74) is 8.45. The van der Waals surface area contributed by atoms with Crippen molar-refractivity contribution in [3.8, 4) is 11.5 Å². The average molecular weight is 1790 g/mol. The summed E-state index contributed by atoms with van der Waals surface area (Å²) in [5.74, 6) is -4.42. The van der Waals surface area contributed by atoms with Gasteiger partial charge in [-0.3, -0.25) is 54.8 Å². The number of methoxy groups -OCH3 is 2. The Morgan fingerprint density at radius 2 is 0.677 bits per heavy atom. The van der Waals surface area contributed by atoms with E-state index in [4.69, 9.17) is 61.1 Å². The zero-order chi connectivity index (χ0) is 91.5. The Labute approximate surface area is 749 Å². The summed E-state index contributed by atoms with van der Waals surface area (Å²) >= 11 is 12.6. The number of carbonyl (C=O) groups is 6. The minimum absolute atomic E-state index is 0.136. The van der Waals surface area contributed by atoms with Crippen LogP contribution in [0.1, 0.15) is 107 Å². The lowest BCUT2D eigenvalue weighted by Crippen LogP contribution is -2.48. The molecule has 0 aromatic heterocycles. The van der Waals surface area contributed by atoms with Crippen LogP contribution in [0.3, 0.4) is 0 Å². The predicted octanol–water partition coefficient (Wildman–Crippen LogP) is 12.9. The van der Waals surface area contributed by atoms with Crippen molar-refractivity contribution in [3.05, 3.63) is 275 Å². The number of para-hydroxylation sites is 2. The molecule has 6 heterocycles. The number of non-ortho nitro benzene ring substituents is 3. The lowest BCUT2D eigenvalue weighted by atomic mass is 9.80. The van der Waals surface area contributed by atoms with Crippen LogP contribution in [0.15, 0.2) is 207 Å². The number of nitrogens with zero attached hydrogens (tertiary/aromatic N) is 9. The third-order valence-corrected chi connectivity index (χ3v) is 23.8. The van der Waals surface area contributed by atoms with Gasteiger partial charge < -0.3 is 58.7 Å². The zero-order valence-corrected chi connectivity index (χ0v) is 75.1. The molecule has 0 bridgehead atoms. The van der Waals surface area contributed by atoms with Gasteiger partial charge in [-0.25, -0.2) is 28.8 Å². The maximum atomic E-state index is 13.5. The Balaban J connectivity index is 0.000000199. The summed E-state index contributed by atoms with van der Waals surface area (Å²) in [6.07, 6.45) is 1.49. The molecular weight excluding hydrogens is 1680 g/mol. The van der Waals surface area contributed by atoms with Gasteiger partial charge >= 0.3 is 35.8 Å². The number of allylic oxidation sites excluding steroid dienone is 6. The molecule has 0 amide bonds. The van der Waals surface area contributed by atoms with Gasteiger partial charge in [0.15, 0.2) is 0 Å². The highest BCUT2D eigenvalue weighted by atomic mass is 35.5. The normalized spacial score (nSPS) is 17.8. The Bertz CT molecular complexity index is 5200. The number of nitro benzene ring substituents is 3. The molecule has 0 spiro atoms. The number of ether oxygens (including phenoxy) is 8. The topological polar surface area (TPSA) is 361 Å². The maximum Gasteiger partial charge on any atom is 0.336 e. The van der Waals surface area contributed by atoms with E-state index >= 15 is 0 Å². The molecule has 0 aliphatic carbocycles. The summed E-state index contributed by atoms with van der Waals surface area (Å²) in [4.78, 5) is 126. The van der Waals surface area contributed by atoms with Crippen LogP contribution in [0, 0.1) is 44.2 Å². The SMILES string of the molecule is CCOC(=O)C1=C(C)NC(C)=C(C(=O)OCCN2CCN(CCOc3ccccc3C)CC2)C1c1cccc([N+](=O)[O-])c1.COC(=O)C1=C(C)NC(C)=C(C(=O)OCCCCN2CCN(c3cccc(Cl)c3Cl)CC2)C1c1cccc([N+](=O)[O-])c1.COC(=O)C1=C(C)NC(C)=C(C(=O)OCCN2CCN(CCOc3ccccc3C)CC2)C1c1cccc([N+](=O)[O-])c1. The molecule has 678 valence electrons. The van der Waals surface area contributed by atoms with Crippen molar-refractivity contribution >= 4 is 81.8 Å². The van der Waals surface area contributed by atoms with E-state index in [0.717, 1.165) is 133 Å². The monoisotopic (exact) mass is 1790 g/mol. The van der Waals surface area contributed by atoms with Gasteiger partial charge in [0.05, 0.1) is 109 Å². The second-order valence-electron chi connectivity index (χ2n) is 31.3. The number of hydrogen-bond acceptors (Lipinski definition) is 29.